The molecule has 0 aromatic carbocycles. The lowest BCUT2D eigenvalue weighted by atomic mass is 10.2. The third-order valence-electron chi connectivity index (χ3n) is 0.532. The lowest BCUT2D eigenvalue weighted by Gasteiger charge is -2.16. The molecule has 0 amide bonds. The topological polar surface area (TPSA) is 35.5 Å². The highest BCUT2D eigenvalue weighted by atomic mass is 16.7. The minimum Gasteiger partial charge on any atom is -0.428 e. The van der Waals surface area contributed by atoms with Crippen LogP contribution >= 0.6 is 0 Å². The highest BCUT2D eigenvalue weighted by Crippen LogP contribution is 2.07. The van der Waals surface area contributed by atoms with Gasteiger partial charge in [0.2, 0.25) is 0 Å². The van der Waals surface area contributed by atoms with Gasteiger partial charge in [0.05, 0.1) is 0 Å². The molecule has 0 saturated heterocycles. The van der Waals surface area contributed by atoms with Crippen LogP contribution in [0.2, 0.25) is 0 Å². The van der Waals surface area contributed by atoms with Crippen LogP contribution in [0.15, 0.2) is 0 Å². The number of carbonyl (C=O) groups excluding carboxylic acids is 1. The fraction of sp³-hybridized carbons (Fsp3) is 0.571. The first-order valence-electron chi connectivity index (χ1n) is 2.81. The predicted molar refractivity (Wildman–Crippen MR) is 36.2 cm³/mol. The summed E-state index contributed by atoms with van der Waals surface area (Å²) >= 11 is 0. The predicted octanol–water partition coefficient (Wildman–Crippen LogP) is 1.53. The van der Waals surface area contributed by atoms with E-state index in [0.29, 0.717) is 0 Å². The van der Waals surface area contributed by atoms with Crippen LogP contribution in [0.25, 0.3) is 0 Å². The quantitative estimate of drug-likeness (QED) is 0.380. The summed E-state index contributed by atoms with van der Waals surface area (Å²) in [5, 5.41) is 0. The molecule has 0 heterocycles. The van der Waals surface area contributed by atoms with Crippen LogP contribution in [0.5, 0.6) is 0 Å². The van der Waals surface area contributed by atoms with E-state index in [1.165, 1.54) is 0 Å². The van der Waals surface area contributed by atoms with Crippen LogP contribution in [0, 0.1) is 12.5 Å². The van der Waals surface area contributed by atoms with Crippen LogP contribution in [-0.2, 0) is 9.47 Å². The normalized spacial score (nSPS) is 9.80. The fourth-order valence-corrected chi connectivity index (χ4v) is 0.319. The van der Waals surface area contributed by atoms with Crippen LogP contribution in [-0.4, -0.2) is 11.8 Å². The Morgan fingerprint density at radius 1 is 1.50 bits per heavy atom. The van der Waals surface area contributed by atoms with Gasteiger partial charge in [0.15, 0.2) is 0 Å². The van der Waals surface area contributed by atoms with Crippen molar-refractivity contribution in [1.82, 2.24) is 0 Å². The second-order valence-electron chi connectivity index (χ2n) is 2.68. The molecule has 10 heavy (non-hydrogen) atoms. The molecule has 0 aromatic heterocycles. The summed E-state index contributed by atoms with van der Waals surface area (Å²) in [6.07, 6.45) is 5.55. The van der Waals surface area contributed by atoms with Gasteiger partial charge in [0.1, 0.15) is 11.7 Å². The monoisotopic (exact) mass is 142 g/mol. The van der Waals surface area contributed by atoms with Crippen molar-refractivity contribution in [3.63, 3.8) is 0 Å². The minimum atomic E-state index is -0.838. The third-order valence-corrected chi connectivity index (χ3v) is 0.532. The van der Waals surface area contributed by atoms with E-state index in [-0.39, 0.29) is 0 Å². The molecule has 0 N–H and O–H groups in total. The van der Waals surface area contributed by atoms with E-state index in [2.05, 4.69) is 15.9 Å². The van der Waals surface area contributed by atoms with Crippen molar-refractivity contribution in [3.05, 3.63) is 0 Å². The highest BCUT2D eigenvalue weighted by Gasteiger charge is 2.16. The first-order chi connectivity index (χ1) is 4.45. The van der Waals surface area contributed by atoms with Gasteiger partial charge < -0.3 is 9.47 Å². The Hall–Kier alpha value is -1.17. The number of rotatable bonds is 0. The van der Waals surface area contributed by atoms with Crippen molar-refractivity contribution in [2.24, 2.45) is 0 Å². The number of hydrogen-bond donors (Lipinski definition) is 0. The Bertz CT molecular complexity index is 159. The van der Waals surface area contributed by atoms with Crippen molar-refractivity contribution in [1.29, 1.82) is 0 Å². The zero-order valence-electron chi connectivity index (χ0n) is 6.30. The molecule has 0 bridgehead atoms. The van der Waals surface area contributed by atoms with Gasteiger partial charge in [-0.25, -0.2) is 4.79 Å². The number of hydrogen-bond acceptors (Lipinski definition) is 3. The molecular weight excluding hydrogens is 132 g/mol. The SMILES string of the molecule is C#COC(=O)OC(C)(C)C. The summed E-state index contributed by atoms with van der Waals surface area (Å²) in [6, 6.07) is 0. The van der Waals surface area contributed by atoms with E-state index < -0.39 is 11.8 Å². The second-order valence-corrected chi connectivity index (χ2v) is 2.68. The molecule has 0 atom stereocenters. The summed E-state index contributed by atoms with van der Waals surface area (Å²) in [7, 11) is 0. The average molecular weight is 142 g/mol. The lowest BCUT2D eigenvalue weighted by Crippen LogP contribution is -2.23. The Morgan fingerprint density at radius 2 is 2.00 bits per heavy atom. The Morgan fingerprint density at radius 3 is 2.30 bits per heavy atom. The summed E-state index contributed by atoms with van der Waals surface area (Å²) in [4.78, 5) is 10.5. The molecule has 0 rings (SSSR count). The van der Waals surface area contributed by atoms with Crippen molar-refractivity contribution >= 4 is 6.16 Å². The molecule has 56 valence electrons. The zero-order valence-corrected chi connectivity index (χ0v) is 6.30. The smallest absolute Gasteiger partial charge is 0.428 e. The molecule has 3 nitrogen and oxygen atoms in total. The van der Waals surface area contributed by atoms with E-state index in [4.69, 9.17) is 0 Å². The molecule has 0 aliphatic carbocycles. The molecule has 0 radical (unpaired) electrons. The standard InChI is InChI=1S/C7H10O3/c1-5-9-6(8)10-7(2,3)4/h1H,2-4H3. The first-order valence-corrected chi connectivity index (χ1v) is 2.81. The lowest BCUT2D eigenvalue weighted by molar-refractivity contribution is 0.0146. The molecule has 0 aromatic rings. The average Bonchev–Trinajstić information content (AvgIpc) is 1.59. The van der Waals surface area contributed by atoms with Gasteiger partial charge in [-0.1, -0.05) is 6.42 Å². The molecule has 0 unspecified atom stereocenters. The van der Waals surface area contributed by atoms with Gasteiger partial charge in [0.25, 0.3) is 0 Å². The largest absolute Gasteiger partial charge is 0.523 e. The zero-order chi connectivity index (χ0) is 8.20. The summed E-state index contributed by atoms with van der Waals surface area (Å²) in [5.41, 5.74) is -0.548. The van der Waals surface area contributed by atoms with Gasteiger partial charge in [0, 0.05) is 0 Å². The van der Waals surface area contributed by atoms with Gasteiger partial charge in [-0.2, -0.15) is 0 Å². The molecular formula is C7H10O3. The Balaban J connectivity index is 3.72. The molecule has 0 spiro atoms. The molecule has 0 saturated carbocycles. The fourth-order valence-electron chi connectivity index (χ4n) is 0.319. The van der Waals surface area contributed by atoms with Crippen molar-refractivity contribution in [2.75, 3.05) is 0 Å². The van der Waals surface area contributed by atoms with Gasteiger partial charge in [-0.3, -0.25) is 0 Å². The third kappa shape index (κ3) is 4.98. The van der Waals surface area contributed by atoms with E-state index in [1.54, 1.807) is 26.9 Å². The van der Waals surface area contributed by atoms with Crippen LogP contribution < -0.4 is 0 Å². The summed E-state index contributed by atoms with van der Waals surface area (Å²) in [6.45, 7) is 5.18. The van der Waals surface area contributed by atoms with Gasteiger partial charge >= 0.3 is 6.16 Å². The minimum absolute atomic E-state index is 0.548. The first kappa shape index (κ1) is 8.83. The maximum Gasteiger partial charge on any atom is 0.523 e. The van der Waals surface area contributed by atoms with Crippen LogP contribution in [0.3, 0.4) is 0 Å². The van der Waals surface area contributed by atoms with Gasteiger partial charge in [-0.15, -0.1) is 0 Å². The Kier molecular flexibility index (Phi) is 2.75. The maximum atomic E-state index is 10.5. The molecule has 0 aliphatic heterocycles. The second kappa shape index (κ2) is 3.11. The number of carbonyl (C=O) groups is 1. The summed E-state index contributed by atoms with van der Waals surface area (Å²) in [5.74, 6) is 0. The van der Waals surface area contributed by atoms with Crippen molar-refractivity contribution in [2.45, 2.75) is 26.4 Å². The van der Waals surface area contributed by atoms with E-state index in [0.717, 1.165) is 0 Å². The molecule has 3 heteroatoms. The van der Waals surface area contributed by atoms with Crippen molar-refractivity contribution in [3.8, 4) is 12.5 Å². The van der Waals surface area contributed by atoms with Crippen LogP contribution in [0.4, 0.5) is 4.79 Å². The summed E-state index contributed by atoms with van der Waals surface area (Å²) < 4.78 is 8.76. The highest BCUT2D eigenvalue weighted by molar-refractivity contribution is 5.61. The number of ether oxygens (including phenoxy) is 2. The van der Waals surface area contributed by atoms with Gasteiger partial charge in [-0.05, 0) is 20.8 Å². The van der Waals surface area contributed by atoms with E-state index in [1.807, 2.05) is 0 Å². The number of terminal acetylenes is 1. The molecule has 0 aliphatic rings. The van der Waals surface area contributed by atoms with E-state index in [9.17, 15) is 4.79 Å². The van der Waals surface area contributed by atoms with Crippen molar-refractivity contribution < 1.29 is 14.3 Å². The maximum absolute atomic E-state index is 10.5. The van der Waals surface area contributed by atoms with Crippen LogP contribution in [0.1, 0.15) is 20.8 Å². The molecule has 0 fully saturated rings. The van der Waals surface area contributed by atoms with E-state index >= 15 is 0 Å². The Labute approximate surface area is 60.3 Å².